The van der Waals surface area contributed by atoms with Gasteiger partial charge in [0.05, 0.1) is 34.0 Å². The first-order chi connectivity index (χ1) is 13.6. The molecule has 0 aliphatic rings. The van der Waals surface area contributed by atoms with Crippen molar-refractivity contribution in [3.63, 3.8) is 0 Å². The van der Waals surface area contributed by atoms with Crippen LogP contribution >= 0.6 is 11.3 Å². The van der Waals surface area contributed by atoms with E-state index in [-0.39, 0.29) is 5.91 Å². The molecule has 0 aliphatic carbocycles. The predicted octanol–water partition coefficient (Wildman–Crippen LogP) is 4.10. The lowest BCUT2D eigenvalue weighted by Gasteiger charge is -2.10. The zero-order valence-electron chi connectivity index (χ0n) is 15.9. The maximum absolute atomic E-state index is 12.6. The number of nitrogens with one attached hydrogen (secondary N) is 1. The van der Waals surface area contributed by atoms with Crippen molar-refractivity contribution in [3.05, 3.63) is 47.5 Å². The largest absolute Gasteiger partial charge is 0.497 e. The number of anilines is 1. The summed E-state index contributed by atoms with van der Waals surface area (Å²) in [4.78, 5) is 17.1. The molecule has 0 bridgehead atoms. The van der Waals surface area contributed by atoms with Crippen molar-refractivity contribution in [1.29, 1.82) is 0 Å². The predicted molar refractivity (Wildman–Crippen MR) is 108 cm³/mol. The van der Waals surface area contributed by atoms with Gasteiger partial charge in [0.25, 0.3) is 5.91 Å². The molecule has 1 heterocycles. The van der Waals surface area contributed by atoms with Crippen LogP contribution in [-0.4, -0.2) is 39.3 Å². The number of amides is 1. The van der Waals surface area contributed by atoms with Gasteiger partial charge in [-0.25, -0.2) is 4.98 Å². The second kappa shape index (κ2) is 8.62. The molecular formula is C20H20N2O5S. The van der Waals surface area contributed by atoms with Crippen LogP contribution < -0.4 is 24.3 Å². The summed E-state index contributed by atoms with van der Waals surface area (Å²) in [5.41, 5.74) is 1.61. The van der Waals surface area contributed by atoms with Crippen LogP contribution in [0.15, 0.2) is 41.8 Å². The van der Waals surface area contributed by atoms with E-state index in [1.54, 1.807) is 58.1 Å². The minimum Gasteiger partial charge on any atom is -0.497 e. The Bertz CT molecular complexity index is 964. The van der Waals surface area contributed by atoms with Crippen LogP contribution in [0.1, 0.15) is 10.5 Å². The van der Waals surface area contributed by atoms with Gasteiger partial charge in [-0.2, -0.15) is 0 Å². The highest BCUT2D eigenvalue weighted by molar-refractivity contribution is 7.13. The Kier molecular flexibility index (Phi) is 6.00. The second-order valence-corrected chi connectivity index (χ2v) is 6.49. The number of carbonyl (C=O) groups excluding carboxylic acids is 1. The lowest BCUT2D eigenvalue weighted by atomic mass is 10.2. The van der Waals surface area contributed by atoms with Crippen molar-refractivity contribution >= 4 is 22.9 Å². The topological polar surface area (TPSA) is 78.9 Å². The third kappa shape index (κ3) is 4.01. The van der Waals surface area contributed by atoms with Crippen LogP contribution in [0.25, 0.3) is 10.6 Å². The Hall–Kier alpha value is -3.26. The first-order valence-corrected chi connectivity index (χ1v) is 9.19. The highest BCUT2D eigenvalue weighted by Crippen LogP contribution is 2.39. The molecule has 0 radical (unpaired) electrons. The van der Waals surface area contributed by atoms with Crippen LogP contribution in [0.4, 0.5) is 5.69 Å². The maximum Gasteiger partial charge on any atom is 0.275 e. The molecule has 0 aliphatic heterocycles. The van der Waals surface area contributed by atoms with E-state index in [0.29, 0.717) is 39.4 Å². The van der Waals surface area contributed by atoms with Crippen LogP contribution in [0.5, 0.6) is 23.0 Å². The molecule has 28 heavy (non-hydrogen) atoms. The zero-order valence-corrected chi connectivity index (χ0v) is 16.8. The van der Waals surface area contributed by atoms with Gasteiger partial charge in [0.2, 0.25) is 0 Å². The first-order valence-electron chi connectivity index (χ1n) is 8.31. The Morgan fingerprint density at radius 1 is 0.964 bits per heavy atom. The summed E-state index contributed by atoms with van der Waals surface area (Å²) in [6.07, 6.45) is 0. The van der Waals surface area contributed by atoms with E-state index in [4.69, 9.17) is 18.9 Å². The maximum atomic E-state index is 12.6. The Labute approximate surface area is 166 Å². The molecule has 1 amide bonds. The third-order valence-electron chi connectivity index (χ3n) is 3.98. The minimum atomic E-state index is -0.334. The van der Waals surface area contributed by atoms with Gasteiger partial charge >= 0.3 is 0 Å². The average Bonchev–Trinajstić information content (AvgIpc) is 3.22. The van der Waals surface area contributed by atoms with Crippen molar-refractivity contribution in [2.75, 3.05) is 33.8 Å². The molecule has 146 valence electrons. The fraction of sp³-hybridized carbons (Fsp3) is 0.200. The highest BCUT2D eigenvalue weighted by Gasteiger charge is 2.17. The number of hydrogen-bond donors (Lipinski definition) is 1. The zero-order chi connectivity index (χ0) is 20.1. The lowest BCUT2D eigenvalue weighted by molar-refractivity contribution is 0.102. The smallest absolute Gasteiger partial charge is 0.275 e. The molecule has 0 saturated heterocycles. The van der Waals surface area contributed by atoms with E-state index < -0.39 is 0 Å². The monoisotopic (exact) mass is 400 g/mol. The molecule has 7 nitrogen and oxygen atoms in total. The summed E-state index contributed by atoms with van der Waals surface area (Å²) in [5.74, 6) is 2.00. The summed E-state index contributed by atoms with van der Waals surface area (Å²) < 4.78 is 21.2. The minimum absolute atomic E-state index is 0.298. The van der Waals surface area contributed by atoms with Crippen LogP contribution in [0, 0.1) is 0 Å². The van der Waals surface area contributed by atoms with Crippen molar-refractivity contribution in [3.8, 4) is 33.6 Å². The molecule has 0 spiro atoms. The van der Waals surface area contributed by atoms with Gasteiger partial charge < -0.3 is 24.3 Å². The van der Waals surface area contributed by atoms with E-state index in [2.05, 4.69) is 10.3 Å². The van der Waals surface area contributed by atoms with Gasteiger partial charge in [0, 0.05) is 29.3 Å². The number of hydrogen-bond acceptors (Lipinski definition) is 7. The normalized spacial score (nSPS) is 10.3. The number of ether oxygens (including phenoxy) is 4. The molecule has 1 N–H and O–H groups in total. The molecule has 0 unspecified atom stereocenters. The summed E-state index contributed by atoms with van der Waals surface area (Å²) >= 11 is 1.35. The van der Waals surface area contributed by atoms with Gasteiger partial charge in [-0.15, -0.1) is 11.3 Å². The summed E-state index contributed by atoms with van der Waals surface area (Å²) in [7, 11) is 6.24. The second-order valence-electron chi connectivity index (χ2n) is 5.63. The number of carbonyl (C=O) groups is 1. The third-order valence-corrected chi connectivity index (χ3v) is 4.86. The quantitative estimate of drug-likeness (QED) is 0.643. The summed E-state index contributed by atoms with van der Waals surface area (Å²) in [6, 6.07) is 10.7. The van der Waals surface area contributed by atoms with Crippen LogP contribution in [0.3, 0.4) is 0 Å². The van der Waals surface area contributed by atoms with E-state index >= 15 is 0 Å². The van der Waals surface area contributed by atoms with Crippen LogP contribution in [0.2, 0.25) is 0 Å². The molecular weight excluding hydrogens is 380 g/mol. The number of para-hydroxylation sites is 1. The van der Waals surface area contributed by atoms with Gasteiger partial charge in [-0.05, 0) is 12.1 Å². The summed E-state index contributed by atoms with van der Waals surface area (Å²) in [6.45, 7) is 0. The number of aromatic nitrogens is 1. The Balaban J connectivity index is 1.86. The first kappa shape index (κ1) is 19.5. The number of rotatable bonds is 7. The van der Waals surface area contributed by atoms with Crippen LogP contribution in [-0.2, 0) is 0 Å². The molecule has 3 aromatic rings. The molecule has 0 fully saturated rings. The van der Waals surface area contributed by atoms with Crippen molar-refractivity contribution in [1.82, 2.24) is 4.98 Å². The lowest BCUT2D eigenvalue weighted by Crippen LogP contribution is -2.12. The van der Waals surface area contributed by atoms with Gasteiger partial charge in [0.15, 0.2) is 11.5 Å². The van der Waals surface area contributed by atoms with E-state index in [9.17, 15) is 4.79 Å². The van der Waals surface area contributed by atoms with Gasteiger partial charge in [-0.3, -0.25) is 4.79 Å². The molecule has 0 saturated carbocycles. The number of nitrogens with zero attached hydrogens (tertiary/aromatic N) is 1. The Morgan fingerprint density at radius 3 is 2.29 bits per heavy atom. The van der Waals surface area contributed by atoms with Crippen molar-refractivity contribution in [2.45, 2.75) is 0 Å². The standard InChI is InChI=1S/C20H20N2O5S/c1-24-13-8-12(9-14(10-13)25-2)21-19(23)16-11-28-20(22-16)15-6-5-7-17(26-3)18(15)27-4/h5-11H,1-4H3,(H,21,23). The average molecular weight is 400 g/mol. The molecule has 8 heteroatoms. The molecule has 1 aromatic heterocycles. The van der Waals surface area contributed by atoms with E-state index in [1.165, 1.54) is 11.3 Å². The van der Waals surface area contributed by atoms with Gasteiger partial charge in [0.1, 0.15) is 22.2 Å². The number of benzene rings is 2. The van der Waals surface area contributed by atoms with Gasteiger partial charge in [-0.1, -0.05) is 6.07 Å². The molecule has 0 atom stereocenters. The molecule has 2 aromatic carbocycles. The molecule has 3 rings (SSSR count). The fourth-order valence-electron chi connectivity index (χ4n) is 2.63. The fourth-order valence-corrected chi connectivity index (χ4v) is 3.45. The van der Waals surface area contributed by atoms with Crippen molar-refractivity contribution < 1.29 is 23.7 Å². The number of thiazole rings is 1. The van der Waals surface area contributed by atoms with Crippen molar-refractivity contribution in [2.24, 2.45) is 0 Å². The SMILES string of the molecule is COc1cc(NC(=O)c2csc(-c3cccc(OC)c3OC)n2)cc(OC)c1. The Morgan fingerprint density at radius 2 is 1.68 bits per heavy atom. The van der Waals surface area contributed by atoms with E-state index in [1.807, 2.05) is 12.1 Å². The van der Waals surface area contributed by atoms with E-state index in [0.717, 1.165) is 5.56 Å². The summed E-state index contributed by atoms with van der Waals surface area (Å²) in [5, 5.41) is 5.16. The highest BCUT2D eigenvalue weighted by atomic mass is 32.1. The number of methoxy groups -OCH3 is 4.